The number of hydrogen-bond acceptors (Lipinski definition) is 1. The summed E-state index contributed by atoms with van der Waals surface area (Å²) >= 11 is 0. The molecule has 2 rings (SSSR count). The minimum Gasteiger partial charge on any atom is -0.325 e. The van der Waals surface area contributed by atoms with E-state index in [1.54, 1.807) is 0 Å². The summed E-state index contributed by atoms with van der Waals surface area (Å²) < 4.78 is 0. The fourth-order valence-electron chi connectivity index (χ4n) is 4.85. The zero-order chi connectivity index (χ0) is 12.8. The van der Waals surface area contributed by atoms with Gasteiger partial charge in [0.1, 0.15) is 0 Å². The molecule has 0 saturated heterocycles. The molecule has 2 saturated carbocycles. The third kappa shape index (κ3) is 2.86. The molecule has 1 nitrogen and oxygen atoms in total. The Kier molecular flexibility index (Phi) is 3.36. The first-order valence-electron chi connectivity index (χ1n) is 7.51. The Morgan fingerprint density at radius 3 is 2.12 bits per heavy atom. The third-order valence-corrected chi connectivity index (χ3v) is 5.14. The highest BCUT2D eigenvalue weighted by Gasteiger charge is 2.49. The maximum absolute atomic E-state index is 6.44. The van der Waals surface area contributed by atoms with E-state index in [-0.39, 0.29) is 5.54 Å². The van der Waals surface area contributed by atoms with Crippen molar-refractivity contribution in [2.75, 3.05) is 0 Å². The molecule has 0 spiro atoms. The summed E-state index contributed by atoms with van der Waals surface area (Å²) in [5.41, 5.74) is 7.03. The SMILES string of the molecule is CCC1C2CC(CC(C)(N)C2)C1CC(C)(C)C. The highest BCUT2D eigenvalue weighted by molar-refractivity contribution is 5.02. The molecule has 0 radical (unpaired) electrons. The van der Waals surface area contributed by atoms with Crippen molar-refractivity contribution < 1.29 is 0 Å². The topological polar surface area (TPSA) is 26.0 Å². The van der Waals surface area contributed by atoms with Crippen LogP contribution in [0.15, 0.2) is 0 Å². The molecule has 0 aliphatic heterocycles. The minimum atomic E-state index is 0.119. The van der Waals surface area contributed by atoms with Crippen LogP contribution >= 0.6 is 0 Å². The van der Waals surface area contributed by atoms with Crippen LogP contribution < -0.4 is 5.73 Å². The van der Waals surface area contributed by atoms with Crippen molar-refractivity contribution in [3.05, 3.63) is 0 Å². The molecule has 5 unspecified atom stereocenters. The van der Waals surface area contributed by atoms with Crippen molar-refractivity contribution >= 4 is 0 Å². The van der Waals surface area contributed by atoms with E-state index in [2.05, 4.69) is 34.6 Å². The van der Waals surface area contributed by atoms with E-state index in [0.29, 0.717) is 5.41 Å². The van der Waals surface area contributed by atoms with Crippen LogP contribution in [0.4, 0.5) is 0 Å². The van der Waals surface area contributed by atoms with Gasteiger partial charge in [0.25, 0.3) is 0 Å². The molecule has 0 amide bonds. The largest absolute Gasteiger partial charge is 0.325 e. The first-order valence-corrected chi connectivity index (χ1v) is 7.51. The molecule has 0 aromatic rings. The summed E-state index contributed by atoms with van der Waals surface area (Å²) in [7, 11) is 0. The van der Waals surface area contributed by atoms with Gasteiger partial charge < -0.3 is 5.73 Å². The highest BCUT2D eigenvalue weighted by Crippen LogP contribution is 2.56. The number of nitrogens with two attached hydrogens (primary N) is 1. The first-order chi connectivity index (χ1) is 7.72. The Bertz CT molecular complexity index is 274. The second kappa shape index (κ2) is 4.26. The van der Waals surface area contributed by atoms with Gasteiger partial charge in [-0.05, 0) is 61.7 Å². The summed E-state index contributed by atoms with van der Waals surface area (Å²) in [6.07, 6.45) is 6.75. The van der Waals surface area contributed by atoms with Gasteiger partial charge >= 0.3 is 0 Å². The molecule has 0 aromatic heterocycles. The predicted molar refractivity (Wildman–Crippen MR) is 74.8 cm³/mol. The van der Waals surface area contributed by atoms with E-state index in [4.69, 9.17) is 5.73 Å². The summed E-state index contributed by atoms with van der Waals surface area (Å²) in [4.78, 5) is 0. The lowest BCUT2D eigenvalue weighted by Gasteiger charge is -2.35. The van der Waals surface area contributed by atoms with Crippen molar-refractivity contribution in [2.24, 2.45) is 34.8 Å². The lowest BCUT2D eigenvalue weighted by molar-refractivity contribution is 0.187. The van der Waals surface area contributed by atoms with Crippen LogP contribution in [-0.2, 0) is 0 Å². The normalized spacial score (nSPS) is 46.2. The Labute approximate surface area is 108 Å². The van der Waals surface area contributed by atoms with E-state index in [0.717, 1.165) is 23.7 Å². The van der Waals surface area contributed by atoms with Gasteiger partial charge in [-0.2, -0.15) is 0 Å². The van der Waals surface area contributed by atoms with E-state index in [1.165, 1.54) is 32.1 Å². The van der Waals surface area contributed by atoms with Gasteiger partial charge in [0, 0.05) is 5.54 Å². The van der Waals surface area contributed by atoms with Crippen molar-refractivity contribution in [1.29, 1.82) is 0 Å². The smallest absolute Gasteiger partial charge is 0.0131 e. The fourth-order valence-corrected chi connectivity index (χ4v) is 4.85. The van der Waals surface area contributed by atoms with Gasteiger partial charge in [0.05, 0.1) is 0 Å². The van der Waals surface area contributed by atoms with Gasteiger partial charge in [0.15, 0.2) is 0 Å². The van der Waals surface area contributed by atoms with Gasteiger partial charge in [0.2, 0.25) is 0 Å². The van der Waals surface area contributed by atoms with E-state index in [9.17, 15) is 0 Å². The van der Waals surface area contributed by atoms with Crippen LogP contribution in [0.3, 0.4) is 0 Å². The molecule has 0 aromatic carbocycles. The summed E-state index contributed by atoms with van der Waals surface area (Å²) in [5, 5.41) is 0. The molecule has 17 heavy (non-hydrogen) atoms. The summed E-state index contributed by atoms with van der Waals surface area (Å²) in [6, 6.07) is 0. The van der Waals surface area contributed by atoms with Gasteiger partial charge in [-0.3, -0.25) is 0 Å². The molecule has 2 fully saturated rings. The van der Waals surface area contributed by atoms with Crippen LogP contribution in [0.1, 0.15) is 66.7 Å². The maximum atomic E-state index is 6.44. The second-order valence-electron chi connectivity index (χ2n) is 8.32. The van der Waals surface area contributed by atoms with E-state index < -0.39 is 0 Å². The van der Waals surface area contributed by atoms with Crippen molar-refractivity contribution in [3.8, 4) is 0 Å². The van der Waals surface area contributed by atoms with Crippen LogP contribution in [-0.4, -0.2) is 5.54 Å². The Morgan fingerprint density at radius 2 is 1.65 bits per heavy atom. The maximum Gasteiger partial charge on any atom is 0.0131 e. The Morgan fingerprint density at radius 1 is 1.12 bits per heavy atom. The van der Waals surface area contributed by atoms with Gasteiger partial charge in [-0.15, -0.1) is 0 Å². The lowest BCUT2D eigenvalue weighted by Crippen LogP contribution is -2.42. The monoisotopic (exact) mass is 237 g/mol. The van der Waals surface area contributed by atoms with E-state index in [1.807, 2.05) is 0 Å². The molecule has 2 aliphatic rings. The number of hydrogen-bond donors (Lipinski definition) is 1. The average Bonchev–Trinajstić information content (AvgIpc) is 2.34. The third-order valence-electron chi connectivity index (χ3n) is 5.14. The van der Waals surface area contributed by atoms with Gasteiger partial charge in [-0.1, -0.05) is 34.1 Å². The second-order valence-corrected chi connectivity index (χ2v) is 8.32. The Hall–Kier alpha value is -0.0400. The summed E-state index contributed by atoms with van der Waals surface area (Å²) in [6.45, 7) is 11.8. The zero-order valence-electron chi connectivity index (χ0n) is 12.4. The molecular weight excluding hydrogens is 206 g/mol. The molecular formula is C16H31N. The Balaban J connectivity index is 2.15. The fraction of sp³-hybridized carbons (Fsp3) is 1.00. The number of rotatable bonds is 2. The quantitative estimate of drug-likeness (QED) is 0.765. The minimum absolute atomic E-state index is 0.119. The lowest BCUT2D eigenvalue weighted by atomic mass is 9.73. The van der Waals surface area contributed by atoms with Crippen LogP contribution in [0.25, 0.3) is 0 Å². The molecule has 5 atom stereocenters. The molecule has 2 bridgehead atoms. The zero-order valence-corrected chi connectivity index (χ0v) is 12.4. The van der Waals surface area contributed by atoms with Gasteiger partial charge in [-0.25, -0.2) is 0 Å². The molecule has 1 heteroatoms. The standard InChI is InChI=1S/C16H31N/c1-6-13-11-7-12(9-16(5,17)8-11)14(13)10-15(2,3)4/h11-14H,6-10,17H2,1-5H3. The van der Waals surface area contributed by atoms with Crippen LogP contribution in [0.2, 0.25) is 0 Å². The first kappa shape index (κ1) is 13.4. The molecule has 2 N–H and O–H groups in total. The van der Waals surface area contributed by atoms with Crippen molar-refractivity contribution in [3.63, 3.8) is 0 Å². The average molecular weight is 237 g/mol. The van der Waals surface area contributed by atoms with Crippen molar-refractivity contribution in [2.45, 2.75) is 72.3 Å². The highest BCUT2D eigenvalue weighted by atomic mass is 14.8. The predicted octanol–water partition coefficient (Wildman–Crippen LogP) is 4.21. The number of fused-ring (bicyclic) bond motifs is 2. The molecule has 100 valence electrons. The summed E-state index contributed by atoms with van der Waals surface area (Å²) in [5.74, 6) is 3.72. The van der Waals surface area contributed by atoms with Crippen molar-refractivity contribution in [1.82, 2.24) is 0 Å². The molecule has 2 aliphatic carbocycles. The molecule has 0 heterocycles. The van der Waals surface area contributed by atoms with E-state index >= 15 is 0 Å². The van der Waals surface area contributed by atoms with Crippen LogP contribution in [0, 0.1) is 29.1 Å². The van der Waals surface area contributed by atoms with Crippen LogP contribution in [0.5, 0.6) is 0 Å².